The van der Waals surface area contributed by atoms with E-state index in [0.29, 0.717) is 5.88 Å². The second-order valence-electron chi connectivity index (χ2n) is 4.74. The molecule has 0 aromatic carbocycles. The largest absolute Gasteiger partial charge is 0.481 e. The van der Waals surface area contributed by atoms with Crippen molar-refractivity contribution < 1.29 is 4.74 Å². The molecule has 0 aliphatic carbocycles. The quantitative estimate of drug-likeness (QED) is 0.865. The summed E-state index contributed by atoms with van der Waals surface area (Å²) >= 11 is 0. The maximum Gasteiger partial charge on any atom is 0.213 e. The van der Waals surface area contributed by atoms with Gasteiger partial charge in [0.15, 0.2) is 0 Å². The van der Waals surface area contributed by atoms with Crippen LogP contribution in [0.15, 0.2) is 36.7 Å². The number of hydrogen-bond acceptors (Lipinski definition) is 3. The maximum atomic E-state index is 5.97. The van der Waals surface area contributed by atoms with Gasteiger partial charge in [0, 0.05) is 24.5 Å². The van der Waals surface area contributed by atoms with Crippen LogP contribution in [-0.2, 0) is 13.0 Å². The van der Waals surface area contributed by atoms with E-state index in [0.717, 1.165) is 25.1 Å². The Labute approximate surface area is 114 Å². The van der Waals surface area contributed by atoms with Gasteiger partial charge in [0.1, 0.15) is 0 Å². The third-order valence-electron chi connectivity index (χ3n) is 3.17. The van der Waals surface area contributed by atoms with Crippen LogP contribution in [0, 0.1) is 0 Å². The van der Waals surface area contributed by atoms with Gasteiger partial charge in [-0.15, -0.1) is 0 Å². The summed E-state index contributed by atoms with van der Waals surface area (Å²) in [7, 11) is 1.63. The fraction of sp³-hybridized carbons (Fsp3) is 0.400. The number of methoxy groups -OCH3 is 1. The predicted octanol–water partition coefficient (Wildman–Crippen LogP) is 2.22. The minimum absolute atomic E-state index is 0.241. The Kier molecular flexibility index (Phi) is 4.58. The molecule has 2 heterocycles. The molecule has 0 bridgehead atoms. The van der Waals surface area contributed by atoms with Crippen LogP contribution in [0.4, 0.5) is 0 Å². The summed E-state index contributed by atoms with van der Waals surface area (Å²) in [5.74, 6) is 0.651. The molecule has 1 atom stereocenters. The zero-order valence-electron chi connectivity index (χ0n) is 11.5. The van der Waals surface area contributed by atoms with Crippen molar-refractivity contribution in [2.24, 2.45) is 5.73 Å². The topological polar surface area (TPSA) is 53.1 Å². The Morgan fingerprint density at radius 1 is 1.37 bits per heavy atom. The molecule has 2 aromatic heterocycles. The van der Waals surface area contributed by atoms with E-state index < -0.39 is 0 Å². The van der Waals surface area contributed by atoms with Gasteiger partial charge in [-0.3, -0.25) is 0 Å². The van der Waals surface area contributed by atoms with E-state index >= 15 is 0 Å². The van der Waals surface area contributed by atoms with Crippen molar-refractivity contribution in [2.45, 2.75) is 32.4 Å². The van der Waals surface area contributed by atoms with Crippen molar-refractivity contribution in [2.75, 3.05) is 7.11 Å². The van der Waals surface area contributed by atoms with Gasteiger partial charge in [-0.1, -0.05) is 13.0 Å². The molecule has 0 saturated carbocycles. The smallest absolute Gasteiger partial charge is 0.213 e. The second kappa shape index (κ2) is 6.38. The Morgan fingerprint density at radius 3 is 2.95 bits per heavy atom. The number of ether oxygens (including phenoxy) is 1. The normalized spacial score (nSPS) is 12.4. The van der Waals surface area contributed by atoms with E-state index in [-0.39, 0.29) is 6.04 Å². The first kappa shape index (κ1) is 13.6. The molecule has 0 saturated heterocycles. The molecule has 4 nitrogen and oxygen atoms in total. The first-order valence-electron chi connectivity index (χ1n) is 6.61. The summed E-state index contributed by atoms with van der Waals surface area (Å²) in [6, 6.07) is 8.17. The molecule has 0 fully saturated rings. The predicted molar refractivity (Wildman–Crippen MR) is 76.3 cm³/mol. The molecule has 102 valence electrons. The van der Waals surface area contributed by atoms with Crippen LogP contribution >= 0.6 is 0 Å². The summed E-state index contributed by atoms with van der Waals surface area (Å²) in [6.07, 6.45) is 6.13. The average molecular weight is 259 g/mol. The highest BCUT2D eigenvalue weighted by molar-refractivity contribution is 5.18. The third kappa shape index (κ3) is 3.83. The number of nitrogens with two attached hydrogens (primary N) is 1. The third-order valence-corrected chi connectivity index (χ3v) is 3.17. The lowest BCUT2D eigenvalue weighted by molar-refractivity contribution is 0.396. The zero-order chi connectivity index (χ0) is 13.7. The summed E-state index contributed by atoms with van der Waals surface area (Å²) in [4.78, 5) is 4.41. The van der Waals surface area contributed by atoms with Gasteiger partial charge < -0.3 is 15.0 Å². The van der Waals surface area contributed by atoms with E-state index in [1.54, 1.807) is 7.11 Å². The number of rotatable bonds is 6. The van der Waals surface area contributed by atoms with Crippen LogP contribution in [0.2, 0.25) is 0 Å². The standard InChI is InChI=1S/C15H21N3O/c1-3-13(16)9-12-7-8-18(10-12)11-14-5-4-6-15(17-14)19-2/h4-8,10,13H,3,9,11,16H2,1-2H3. The van der Waals surface area contributed by atoms with Gasteiger partial charge in [0.25, 0.3) is 0 Å². The fourth-order valence-electron chi connectivity index (χ4n) is 2.00. The van der Waals surface area contributed by atoms with Gasteiger partial charge in [0.2, 0.25) is 5.88 Å². The van der Waals surface area contributed by atoms with Crippen LogP contribution < -0.4 is 10.5 Å². The SMILES string of the molecule is CCC(N)Cc1ccn(Cc2cccc(OC)n2)c1. The lowest BCUT2D eigenvalue weighted by atomic mass is 10.1. The first-order valence-corrected chi connectivity index (χ1v) is 6.61. The Balaban J connectivity index is 2.02. The number of pyridine rings is 1. The van der Waals surface area contributed by atoms with Crippen molar-refractivity contribution >= 4 is 0 Å². The molecule has 0 aliphatic rings. The van der Waals surface area contributed by atoms with E-state index in [2.05, 4.69) is 34.9 Å². The van der Waals surface area contributed by atoms with E-state index in [1.165, 1.54) is 5.56 Å². The molecule has 0 radical (unpaired) electrons. The number of hydrogen-bond donors (Lipinski definition) is 1. The lowest BCUT2D eigenvalue weighted by Crippen LogP contribution is -2.21. The van der Waals surface area contributed by atoms with Gasteiger partial charge in [-0.05, 0) is 30.5 Å². The minimum atomic E-state index is 0.241. The molecule has 2 aromatic rings. The highest BCUT2D eigenvalue weighted by Gasteiger charge is 2.04. The molecule has 4 heteroatoms. The number of aromatic nitrogens is 2. The van der Waals surface area contributed by atoms with Gasteiger partial charge in [0.05, 0.1) is 19.3 Å². The summed E-state index contributed by atoms with van der Waals surface area (Å²) in [5, 5.41) is 0. The molecular formula is C15H21N3O. The van der Waals surface area contributed by atoms with Crippen LogP contribution in [0.25, 0.3) is 0 Å². The van der Waals surface area contributed by atoms with Crippen molar-refractivity contribution in [1.29, 1.82) is 0 Å². The minimum Gasteiger partial charge on any atom is -0.481 e. The van der Waals surface area contributed by atoms with Crippen molar-refractivity contribution in [1.82, 2.24) is 9.55 Å². The fourth-order valence-corrected chi connectivity index (χ4v) is 2.00. The van der Waals surface area contributed by atoms with Crippen LogP contribution in [0.5, 0.6) is 5.88 Å². The molecule has 0 spiro atoms. The molecule has 0 amide bonds. The first-order chi connectivity index (χ1) is 9.21. The Hall–Kier alpha value is -1.81. The van der Waals surface area contributed by atoms with E-state index in [4.69, 9.17) is 10.5 Å². The Bertz CT molecular complexity index is 522. The van der Waals surface area contributed by atoms with Crippen LogP contribution in [0.1, 0.15) is 24.6 Å². The molecule has 2 rings (SSSR count). The van der Waals surface area contributed by atoms with E-state index in [1.807, 2.05) is 18.2 Å². The van der Waals surface area contributed by atoms with Crippen LogP contribution in [-0.4, -0.2) is 22.7 Å². The van der Waals surface area contributed by atoms with Gasteiger partial charge >= 0.3 is 0 Å². The van der Waals surface area contributed by atoms with Gasteiger partial charge in [-0.2, -0.15) is 0 Å². The van der Waals surface area contributed by atoms with Crippen molar-refractivity contribution in [3.63, 3.8) is 0 Å². The monoisotopic (exact) mass is 259 g/mol. The van der Waals surface area contributed by atoms with E-state index in [9.17, 15) is 0 Å². The molecule has 0 aliphatic heterocycles. The van der Waals surface area contributed by atoms with Crippen molar-refractivity contribution in [3.8, 4) is 5.88 Å². The molecule has 19 heavy (non-hydrogen) atoms. The summed E-state index contributed by atoms with van der Waals surface area (Å²) < 4.78 is 7.25. The van der Waals surface area contributed by atoms with Gasteiger partial charge in [-0.25, -0.2) is 4.98 Å². The number of nitrogens with zero attached hydrogens (tertiary/aromatic N) is 2. The molecular weight excluding hydrogens is 238 g/mol. The highest BCUT2D eigenvalue weighted by atomic mass is 16.5. The van der Waals surface area contributed by atoms with Crippen LogP contribution in [0.3, 0.4) is 0 Å². The highest BCUT2D eigenvalue weighted by Crippen LogP contribution is 2.10. The molecule has 2 N–H and O–H groups in total. The van der Waals surface area contributed by atoms with Crippen molar-refractivity contribution in [3.05, 3.63) is 47.9 Å². The lowest BCUT2D eigenvalue weighted by Gasteiger charge is -2.06. The Morgan fingerprint density at radius 2 is 2.21 bits per heavy atom. The second-order valence-corrected chi connectivity index (χ2v) is 4.74. The zero-order valence-corrected chi connectivity index (χ0v) is 11.5. The summed E-state index contributed by atoms with van der Waals surface area (Å²) in [5.41, 5.74) is 8.23. The summed E-state index contributed by atoms with van der Waals surface area (Å²) in [6.45, 7) is 2.86. The molecule has 1 unspecified atom stereocenters. The maximum absolute atomic E-state index is 5.97. The average Bonchev–Trinajstić information content (AvgIpc) is 2.86.